The van der Waals surface area contributed by atoms with Crippen molar-refractivity contribution < 1.29 is 0 Å². The molecule has 80 valence electrons. The highest BCUT2D eigenvalue weighted by Crippen LogP contribution is 2.44. The third-order valence-corrected chi connectivity index (χ3v) is 3.18. The summed E-state index contributed by atoms with van der Waals surface area (Å²) >= 11 is 0. The van der Waals surface area contributed by atoms with E-state index in [2.05, 4.69) is 51.7 Å². The van der Waals surface area contributed by atoms with Gasteiger partial charge in [-0.05, 0) is 42.5 Å². The molecule has 1 aromatic rings. The Morgan fingerprint density at radius 3 is 2.53 bits per heavy atom. The van der Waals surface area contributed by atoms with Crippen molar-refractivity contribution in [1.82, 2.24) is 0 Å². The number of allylic oxidation sites excluding steroid dienone is 1. The van der Waals surface area contributed by atoms with Crippen molar-refractivity contribution in [3.8, 4) is 0 Å². The molecule has 1 aliphatic rings. The highest BCUT2D eigenvalue weighted by Gasteiger charge is 2.29. The van der Waals surface area contributed by atoms with E-state index in [4.69, 9.17) is 0 Å². The maximum atomic E-state index is 4.13. The summed E-state index contributed by atoms with van der Waals surface area (Å²) in [6.07, 6.45) is 0. The zero-order valence-corrected chi connectivity index (χ0v) is 10.0. The van der Waals surface area contributed by atoms with Gasteiger partial charge in [0.25, 0.3) is 0 Å². The number of fused-ring (bicyclic) bond motifs is 1. The summed E-state index contributed by atoms with van der Waals surface area (Å²) in [5.41, 5.74) is 6.55. The Kier molecular flexibility index (Phi) is 2.34. The van der Waals surface area contributed by atoms with Gasteiger partial charge in [0, 0.05) is 17.3 Å². The fourth-order valence-corrected chi connectivity index (χ4v) is 2.66. The molecule has 0 spiro atoms. The van der Waals surface area contributed by atoms with Gasteiger partial charge in [0.15, 0.2) is 0 Å². The molecule has 1 nitrogen and oxygen atoms in total. The quantitative estimate of drug-likeness (QED) is 0.724. The van der Waals surface area contributed by atoms with Crippen molar-refractivity contribution in [2.45, 2.75) is 33.6 Å². The Hall–Kier alpha value is -1.24. The molecule has 0 aliphatic carbocycles. The number of hydrogen-bond acceptors (Lipinski definition) is 1. The summed E-state index contributed by atoms with van der Waals surface area (Å²) in [7, 11) is 0. The predicted molar refractivity (Wildman–Crippen MR) is 66.3 cm³/mol. The average Bonchev–Trinajstić information content (AvgIpc) is 2.40. The third-order valence-electron chi connectivity index (χ3n) is 3.18. The maximum absolute atomic E-state index is 4.13. The molecular formula is C14H19N. The summed E-state index contributed by atoms with van der Waals surface area (Å²) < 4.78 is 0. The molecule has 2 rings (SSSR count). The first-order valence-corrected chi connectivity index (χ1v) is 5.57. The van der Waals surface area contributed by atoms with E-state index in [9.17, 15) is 0 Å². The van der Waals surface area contributed by atoms with Gasteiger partial charge in [0.05, 0.1) is 0 Å². The lowest BCUT2D eigenvalue weighted by Gasteiger charge is -2.17. The van der Waals surface area contributed by atoms with Gasteiger partial charge in [-0.2, -0.15) is 0 Å². The highest BCUT2D eigenvalue weighted by atomic mass is 14.9. The molecule has 1 atom stereocenters. The molecule has 15 heavy (non-hydrogen) atoms. The fraction of sp³-hybridized carbons (Fsp3) is 0.429. The van der Waals surface area contributed by atoms with Gasteiger partial charge in [-0.1, -0.05) is 26.5 Å². The third kappa shape index (κ3) is 1.56. The van der Waals surface area contributed by atoms with E-state index in [1.807, 2.05) is 0 Å². The molecule has 0 fully saturated rings. The van der Waals surface area contributed by atoms with Crippen LogP contribution in [0, 0.1) is 19.8 Å². The Morgan fingerprint density at radius 1 is 1.27 bits per heavy atom. The van der Waals surface area contributed by atoms with Crippen molar-refractivity contribution in [2.75, 3.05) is 5.32 Å². The monoisotopic (exact) mass is 201 g/mol. The summed E-state index contributed by atoms with van der Waals surface area (Å²) in [4.78, 5) is 0. The first kappa shape index (κ1) is 10.3. The molecule has 1 N–H and O–H groups in total. The Bertz CT molecular complexity index is 416. The van der Waals surface area contributed by atoms with Gasteiger partial charge in [0.1, 0.15) is 0 Å². The van der Waals surface area contributed by atoms with Crippen LogP contribution >= 0.6 is 0 Å². The van der Waals surface area contributed by atoms with Crippen molar-refractivity contribution in [3.05, 3.63) is 41.1 Å². The SMILES string of the molecule is C=C1Nc2cc(C)cc(C)c2C1C(C)C. The fourth-order valence-electron chi connectivity index (χ4n) is 2.66. The molecule has 0 bridgehead atoms. The maximum Gasteiger partial charge on any atom is 0.0426 e. The summed E-state index contributed by atoms with van der Waals surface area (Å²) in [6.45, 7) is 13.0. The van der Waals surface area contributed by atoms with Gasteiger partial charge in [-0.3, -0.25) is 0 Å². The van der Waals surface area contributed by atoms with Gasteiger partial charge in [-0.25, -0.2) is 0 Å². The number of hydrogen-bond donors (Lipinski definition) is 1. The molecule has 1 unspecified atom stereocenters. The van der Waals surface area contributed by atoms with Gasteiger partial charge < -0.3 is 5.32 Å². The van der Waals surface area contributed by atoms with Crippen molar-refractivity contribution >= 4 is 5.69 Å². The average molecular weight is 201 g/mol. The second kappa shape index (κ2) is 3.41. The molecule has 0 aromatic heterocycles. The minimum atomic E-state index is 0.473. The normalized spacial score (nSPS) is 19.3. The van der Waals surface area contributed by atoms with Crippen molar-refractivity contribution in [2.24, 2.45) is 5.92 Å². The minimum absolute atomic E-state index is 0.473. The standard InChI is InChI=1S/C14H19N/c1-8(2)13-11(5)15-12-7-9(3)6-10(4)14(12)13/h6-8,13,15H,5H2,1-4H3. The van der Waals surface area contributed by atoms with E-state index in [-0.39, 0.29) is 0 Å². The van der Waals surface area contributed by atoms with E-state index < -0.39 is 0 Å². The Labute approximate surface area is 92.2 Å². The first-order chi connectivity index (χ1) is 7.00. The largest absolute Gasteiger partial charge is 0.359 e. The Morgan fingerprint density at radius 2 is 1.93 bits per heavy atom. The molecule has 0 radical (unpaired) electrons. The van der Waals surface area contributed by atoms with Gasteiger partial charge >= 0.3 is 0 Å². The number of anilines is 1. The number of aryl methyl sites for hydroxylation is 2. The predicted octanol–water partition coefficient (Wildman–Crippen LogP) is 3.98. The van der Waals surface area contributed by atoms with Crippen LogP contribution in [0.1, 0.15) is 36.5 Å². The Balaban J connectivity index is 2.58. The van der Waals surface area contributed by atoms with Crippen LogP contribution in [-0.4, -0.2) is 0 Å². The van der Waals surface area contributed by atoms with Crippen LogP contribution in [0.25, 0.3) is 0 Å². The highest BCUT2D eigenvalue weighted by molar-refractivity contribution is 5.68. The van der Waals surface area contributed by atoms with Crippen LogP contribution in [0.5, 0.6) is 0 Å². The van der Waals surface area contributed by atoms with E-state index in [1.165, 1.54) is 22.4 Å². The van der Waals surface area contributed by atoms with Crippen LogP contribution in [0.2, 0.25) is 0 Å². The van der Waals surface area contributed by atoms with Crippen LogP contribution < -0.4 is 5.32 Å². The minimum Gasteiger partial charge on any atom is -0.359 e. The van der Waals surface area contributed by atoms with Crippen LogP contribution in [0.4, 0.5) is 5.69 Å². The summed E-state index contributed by atoms with van der Waals surface area (Å²) in [5.74, 6) is 1.08. The molecule has 1 aromatic carbocycles. The second-order valence-corrected chi connectivity index (χ2v) is 4.91. The van der Waals surface area contributed by atoms with Gasteiger partial charge in [0.2, 0.25) is 0 Å². The van der Waals surface area contributed by atoms with E-state index in [0.29, 0.717) is 11.8 Å². The summed E-state index contributed by atoms with van der Waals surface area (Å²) in [6, 6.07) is 4.48. The number of benzene rings is 1. The molecule has 0 amide bonds. The molecular weight excluding hydrogens is 182 g/mol. The molecule has 1 heterocycles. The summed E-state index contributed by atoms with van der Waals surface area (Å²) in [5, 5.41) is 3.42. The smallest absolute Gasteiger partial charge is 0.0426 e. The first-order valence-electron chi connectivity index (χ1n) is 5.57. The molecule has 0 saturated heterocycles. The van der Waals surface area contributed by atoms with Crippen molar-refractivity contribution in [3.63, 3.8) is 0 Å². The number of rotatable bonds is 1. The lowest BCUT2D eigenvalue weighted by Crippen LogP contribution is -2.07. The lowest BCUT2D eigenvalue weighted by atomic mass is 9.85. The van der Waals surface area contributed by atoms with E-state index in [1.54, 1.807) is 0 Å². The van der Waals surface area contributed by atoms with Crippen molar-refractivity contribution in [1.29, 1.82) is 0 Å². The number of nitrogens with one attached hydrogen (secondary N) is 1. The van der Waals surface area contributed by atoms with Crippen LogP contribution in [-0.2, 0) is 0 Å². The zero-order valence-electron chi connectivity index (χ0n) is 10.0. The van der Waals surface area contributed by atoms with Crippen LogP contribution in [0.3, 0.4) is 0 Å². The lowest BCUT2D eigenvalue weighted by molar-refractivity contribution is 0.569. The zero-order chi connectivity index (χ0) is 11.2. The van der Waals surface area contributed by atoms with Crippen LogP contribution in [0.15, 0.2) is 24.4 Å². The molecule has 0 saturated carbocycles. The molecule has 1 aliphatic heterocycles. The second-order valence-electron chi connectivity index (χ2n) is 4.91. The van der Waals surface area contributed by atoms with Gasteiger partial charge in [-0.15, -0.1) is 0 Å². The van der Waals surface area contributed by atoms with E-state index in [0.717, 1.165) is 5.70 Å². The topological polar surface area (TPSA) is 12.0 Å². The van der Waals surface area contributed by atoms with E-state index >= 15 is 0 Å². The molecule has 1 heteroatoms.